The second kappa shape index (κ2) is 5.15. The molecule has 96 valence electrons. The van der Waals surface area contributed by atoms with Gasteiger partial charge < -0.3 is 9.73 Å². The molecule has 0 saturated heterocycles. The van der Waals surface area contributed by atoms with Crippen molar-refractivity contribution in [2.45, 2.75) is 45.2 Å². The highest BCUT2D eigenvalue weighted by atomic mass is 16.3. The largest absolute Gasteiger partial charge is 0.460 e. The van der Waals surface area contributed by atoms with Crippen molar-refractivity contribution in [2.75, 3.05) is 0 Å². The van der Waals surface area contributed by atoms with Crippen molar-refractivity contribution in [3.8, 4) is 0 Å². The van der Waals surface area contributed by atoms with Gasteiger partial charge in [0.1, 0.15) is 11.3 Å². The average molecular weight is 243 g/mol. The second-order valence-corrected chi connectivity index (χ2v) is 5.46. The third-order valence-electron chi connectivity index (χ3n) is 4.18. The van der Waals surface area contributed by atoms with E-state index in [4.69, 9.17) is 4.42 Å². The standard InChI is InChI=1S/C16H21NO/c1-12(13-6-2-3-7-13)17-11-15-10-14-8-4-5-9-16(14)18-15/h4-5,8-10,12-13,17H,2-3,6-7,11H2,1H3/t12-/m0/s1. The zero-order valence-electron chi connectivity index (χ0n) is 11.0. The lowest BCUT2D eigenvalue weighted by molar-refractivity contribution is 0.366. The van der Waals surface area contributed by atoms with Crippen molar-refractivity contribution in [1.82, 2.24) is 5.32 Å². The predicted molar refractivity (Wildman–Crippen MR) is 74.5 cm³/mol. The Morgan fingerprint density at radius 1 is 1.28 bits per heavy atom. The SMILES string of the molecule is C[C@H](NCc1cc2ccccc2o1)C1CCCC1. The summed E-state index contributed by atoms with van der Waals surface area (Å²) in [6, 6.07) is 10.9. The summed E-state index contributed by atoms with van der Waals surface area (Å²) in [7, 11) is 0. The molecule has 0 bridgehead atoms. The first-order chi connectivity index (χ1) is 8.83. The Kier molecular flexibility index (Phi) is 3.37. The summed E-state index contributed by atoms with van der Waals surface area (Å²) >= 11 is 0. The molecule has 1 saturated carbocycles. The smallest absolute Gasteiger partial charge is 0.134 e. The zero-order valence-corrected chi connectivity index (χ0v) is 11.0. The third-order valence-corrected chi connectivity index (χ3v) is 4.18. The normalized spacial score (nSPS) is 18.5. The second-order valence-electron chi connectivity index (χ2n) is 5.46. The summed E-state index contributed by atoms with van der Waals surface area (Å²) in [4.78, 5) is 0. The molecule has 0 radical (unpaired) electrons. The quantitative estimate of drug-likeness (QED) is 0.874. The Morgan fingerprint density at radius 2 is 2.06 bits per heavy atom. The summed E-state index contributed by atoms with van der Waals surface area (Å²) in [5.74, 6) is 1.90. The van der Waals surface area contributed by atoms with E-state index in [9.17, 15) is 0 Å². The van der Waals surface area contributed by atoms with E-state index in [1.807, 2.05) is 12.1 Å². The minimum absolute atomic E-state index is 0.598. The molecule has 2 nitrogen and oxygen atoms in total. The minimum atomic E-state index is 0.598. The Bertz CT molecular complexity index is 478. The molecule has 2 heteroatoms. The van der Waals surface area contributed by atoms with Gasteiger partial charge in [-0.15, -0.1) is 0 Å². The van der Waals surface area contributed by atoms with E-state index in [1.54, 1.807) is 0 Å². The molecule has 0 aliphatic heterocycles. The molecule has 1 aliphatic rings. The van der Waals surface area contributed by atoms with Gasteiger partial charge >= 0.3 is 0 Å². The van der Waals surface area contributed by atoms with E-state index in [-0.39, 0.29) is 0 Å². The van der Waals surface area contributed by atoms with Crippen molar-refractivity contribution in [3.05, 3.63) is 36.1 Å². The van der Waals surface area contributed by atoms with Crippen molar-refractivity contribution >= 4 is 11.0 Å². The van der Waals surface area contributed by atoms with Crippen molar-refractivity contribution in [1.29, 1.82) is 0 Å². The summed E-state index contributed by atoms with van der Waals surface area (Å²) in [5.41, 5.74) is 0.989. The fraction of sp³-hybridized carbons (Fsp3) is 0.500. The molecule has 3 rings (SSSR count). The number of nitrogens with one attached hydrogen (secondary N) is 1. The molecule has 1 aliphatic carbocycles. The molecule has 0 unspecified atom stereocenters. The summed E-state index contributed by atoms with van der Waals surface area (Å²) in [5, 5.41) is 4.81. The zero-order chi connectivity index (χ0) is 12.4. The van der Waals surface area contributed by atoms with Crippen molar-refractivity contribution < 1.29 is 4.42 Å². The van der Waals surface area contributed by atoms with E-state index in [1.165, 1.54) is 31.1 Å². The van der Waals surface area contributed by atoms with Gasteiger partial charge in [-0.05, 0) is 37.8 Å². The van der Waals surface area contributed by atoms with Crippen LogP contribution in [0.1, 0.15) is 38.4 Å². The van der Waals surface area contributed by atoms with Gasteiger partial charge in [0.15, 0.2) is 0 Å². The number of hydrogen-bond acceptors (Lipinski definition) is 2. The molecule has 1 atom stereocenters. The summed E-state index contributed by atoms with van der Waals surface area (Å²) < 4.78 is 5.82. The highest BCUT2D eigenvalue weighted by molar-refractivity contribution is 5.77. The van der Waals surface area contributed by atoms with Crippen LogP contribution in [0, 0.1) is 5.92 Å². The lowest BCUT2D eigenvalue weighted by Crippen LogP contribution is -2.31. The van der Waals surface area contributed by atoms with Crippen molar-refractivity contribution in [3.63, 3.8) is 0 Å². The maximum absolute atomic E-state index is 5.82. The van der Waals surface area contributed by atoms with Gasteiger partial charge in [-0.2, -0.15) is 0 Å². The molecule has 1 aromatic carbocycles. The lowest BCUT2D eigenvalue weighted by Gasteiger charge is -2.19. The first kappa shape index (κ1) is 11.8. The number of hydrogen-bond donors (Lipinski definition) is 1. The molecule has 18 heavy (non-hydrogen) atoms. The molecular formula is C16H21NO. The van der Waals surface area contributed by atoms with Crippen LogP contribution in [0.4, 0.5) is 0 Å². The van der Waals surface area contributed by atoms with E-state index in [0.717, 1.165) is 23.8 Å². The van der Waals surface area contributed by atoms with Crippen LogP contribution in [0.5, 0.6) is 0 Å². The van der Waals surface area contributed by atoms with Gasteiger partial charge in [-0.25, -0.2) is 0 Å². The first-order valence-corrected chi connectivity index (χ1v) is 7.04. The van der Waals surface area contributed by atoms with Crippen LogP contribution < -0.4 is 5.32 Å². The Morgan fingerprint density at radius 3 is 2.83 bits per heavy atom. The van der Waals surface area contributed by atoms with E-state index in [2.05, 4.69) is 30.4 Å². The maximum Gasteiger partial charge on any atom is 0.134 e. The lowest BCUT2D eigenvalue weighted by atomic mass is 10.00. The molecule has 1 fully saturated rings. The van der Waals surface area contributed by atoms with Gasteiger partial charge in [0.05, 0.1) is 6.54 Å². The van der Waals surface area contributed by atoms with Gasteiger partial charge in [-0.3, -0.25) is 0 Å². The van der Waals surface area contributed by atoms with Crippen molar-refractivity contribution in [2.24, 2.45) is 5.92 Å². The van der Waals surface area contributed by atoms with Crippen LogP contribution in [-0.2, 0) is 6.54 Å². The number of fused-ring (bicyclic) bond motifs is 1. The average Bonchev–Trinajstić information content (AvgIpc) is 3.04. The van der Waals surface area contributed by atoms with Crippen LogP contribution in [0.2, 0.25) is 0 Å². The highest BCUT2D eigenvalue weighted by Gasteiger charge is 2.21. The topological polar surface area (TPSA) is 25.2 Å². The molecule has 0 amide bonds. The fourth-order valence-electron chi connectivity index (χ4n) is 3.01. The van der Waals surface area contributed by atoms with Crippen LogP contribution in [0.3, 0.4) is 0 Å². The van der Waals surface area contributed by atoms with Crippen LogP contribution in [0.15, 0.2) is 34.7 Å². The van der Waals surface area contributed by atoms with Gasteiger partial charge in [-0.1, -0.05) is 31.0 Å². The predicted octanol–water partition coefficient (Wildman–Crippen LogP) is 4.10. The molecular weight excluding hydrogens is 222 g/mol. The van der Waals surface area contributed by atoms with Crippen LogP contribution in [0.25, 0.3) is 11.0 Å². The minimum Gasteiger partial charge on any atom is -0.460 e. The molecule has 0 spiro atoms. The fourth-order valence-corrected chi connectivity index (χ4v) is 3.01. The van der Waals surface area contributed by atoms with Crippen LogP contribution in [-0.4, -0.2) is 6.04 Å². The Hall–Kier alpha value is -1.28. The first-order valence-electron chi connectivity index (χ1n) is 7.04. The van der Waals surface area contributed by atoms with Gasteiger partial charge in [0.2, 0.25) is 0 Å². The summed E-state index contributed by atoms with van der Waals surface area (Å²) in [6.07, 6.45) is 5.57. The van der Waals surface area contributed by atoms with E-state index >= 15 is 0 Å². The monoisotopic (exact) mass is 243 g/mol. The molecule has 1 N–H and O–H groups in total. The summed E-state index contributed by atoms with van der Waals surface area (Å²) in [6.45, 7) is 3.14. The Balaban J connectivity index is 1.62. The number of rotatable bonds is 4. The Labute approximate surface area is 108 Å². The van der Waals surface area contributed by atoms with E-state index in [0.29, 0.717) is 6.04 Å². The number of para-hydroxylation sites is 1. The number of benzene rings is 1. The third kappa shape index (κ3) is 2.44. The van der Waals surface area contributed by atoms with Gasteiger partial charge in [0, 0.05) is 11.4 Å². The number of furan rings is 1. The molecule has 1 aromatic heterocycles. The van der Waals surface area contributed by atoms with Crippen LogP contribution >= 0.6 is 0 Å². The maximum atomic E-state index is 5.82. The van der Waals surface area contributed by atoms with E-state index < -0.39 is 0 Å². The molecule has 1 heterocycles. The molecule has 2 aromatic rings. The highest BCUT2D eigenvalue weighted by Crippen LogP contribution is 2.27. The van der Waals surface area contributed by atoms with Gasteiger partial charge in [0.25, 0.3) is 0 Å².